The number of imidazole rings is 1. The number of fused-ring (bicyclic) bond motifs is 1. The second-order valence-corrected chi connectivity index (χ2v) is 6.51. The van der Waals surface area contributed by atoms with Crippen LogP contribution in [0.4, 0.5) is 5.82 Å². The number of aromatic amines is 1. The number of H-pyrrole nitrogens is 1. The topological polar surface area (TPSA) is 91.8 Å². The number of rotatable bonds is 3. The first-order valence-corrected chi connectivity index (χ1v) is 7.71. The summed E-state index contributed by atoms with van der Waals surface area (Å²) in [6.07, 6.45) is 2.50. The van der Waals surface area contributed by atoms with Crippen LogP contribution in [0.3, 0.4) is 0 Å². The molecule has 2 aromatic heterocycles. The number of nitrogens with one attached hydrogen (secondary N) is 1. The van der Waals surface area contributed by atoms with Crippen molar-refractivity contribution in [3.05, 3.63) is 41.9 Å². The van der Waals surface area contributed by atoms with Gasteiger partial charge in [-0.1, -0.05) is 23.7 Å². The van der Waals surface area contributed by atoms with Crippen LogP contribution in [0.15, 0.2) is 41.8 Å². The molecule has 0 aliphatic carbocycles. The van der Waals surface area contributed by atoms with E-state index < -0.39 is 10.0 Å². The Labute approximate surface area is 125 Å². The van der Waals surface area contributed by atoms with Crippen LogP contribution in [-0.4, -0.2) is 35.4 Å². The Morgan fingerprint density at radius 2 is 1.86 bits per heavy atom. The second kappa shape index (κ2) is 4.97. The van der Waals surface area contributed by atoms with Crippen molar-refractivity contribution in [2.75, 3.05) is 11.4 Å². The molecule has 1 N–H and O–H groups in total. The number of hydrogen-bond acceptors (Lipinski definition) is 5. The maximum Gasteiger partial charge on any atom is 0.282 e. The molecule has 1 aromatic carbocycles. The minimum Gasteiger partial charge on any atom is -0.334 e. The summed E-state index contributed by atoms with van der Waals surface area (Å²) in [7, 11) is -2.45. The van der Waals surface area contributed by atoms with Gasteiger partial charge in [-0.05, 0) is 12.1 Å². The molecule has 0 bridgehead atoms. The molecule has 0 unspecified atom stereocenters. The molecule has 0 radical (unpaired) electrons. The zero-order valence-corrected chi connectivity index (χ0v) is 12.4. The van der Waals surface area contributed by atoms with Crippen LogP contribution in [0.2, 0.25) is 5.15 Å². The zero-order valence-electron chi connectivity index (χ0n) is 10.9. The van der Waals surface area contributed by atoms with E-state index in [1.807, 2.05) is 0 Å². The summed E-state index contributed by atoms with van der Waals surface area (Å²) in [6, 6.07) is 7.08. The first-order chi connectivity index (χ1) is 10.00. The molecule has 2 heterocycles. The number of hydrogen-bond donors (Lipinski definition) is 1. The molecule has 3 rings (SSSR count). The third-order valence-corrected chi connectivity index (χ3v) is 4.85. The molecule has 0 amide bonds. The quantitative estimate of drug-likeness (QED) is 0.794. The zero-order chi connectivity index (χ0) is 15.0. The Bertz CT molecular complexity index is 895. The normalized spacial score (nSPS) is 11.7. The molecule has 0 atom stereocenters. The number of para-hydroxylation sites is 2. The van der Waals surface area contributed by atoms with Crippen molar-refractivity contribution in [1.29, 1.82) is 0 Å². The summed E-state index contributed by atoms with van der Waals surface area (Å²) in [5.41, 5.74) is 1.15. The van der Waals surface area contributed by atoms with Crippen molar-refractivity contribution < 1.29 is 8.42 Å². The second-order valence-electron chi connectivity index (χ2n) is 4.22. The molecule has 0 fully saturated rings. The Kier molecular flexibility index (Phi) is 3.26. The van der Waals surface area contributed by atoms with Crippen molar-refractivity contribution in [1.82, 2.24) is 19.9 Å². The van der Waals surface area contributed by atoms with E-state index >= 15 is 0 Å². The third-order valence-electron chi connectivity index (χ3n) is 2.92. The lowest BCUT2D eigenvalue weighted by Gasteiger charge is -2.18. The number of anilines is 1. The predicted octanol–water partition coefficient (Wildman–Crippen LogP) is 1.83. The minimum absolute atomic E-state index is 0.0132. The van der Waals surface area contributed by atoms with Gasteiger partial charge in [-0.25, -0.2) is 19.3 Å². The highest BCUT2D eigenvalue weighted by Gasteiger charge is 2.26. The number of benzene rings is 1. The number of nitrogens with zero attached hydrogens (tertiary/aromatic N) is 4. The van der Waals surface area contributed by atoms with E-state index in [2.05, 4.69) is 19.9 Å². The van der Waals surface area contributed by atoms with E-state index in [0.717, 1.165) is 4.31 Å². The molecule has 0 aliphatic rings. The van der Waals surface area contributed by atoms with Crippen molar-refractivity contribution in [2.24, 2.45) is 0 Å². The highest BCUT2D eigenvalue weighted by atomic mass is 35.5. The van der Waals surface area contributed by atoms with Gasteiger partial charge < -0.3 is 4.98 Å². The van der Waals surface area contributed by atoms with E-state index in [1.165, 1.54) is 19.6 Å². The molecule has 0 saturated heterocycles. The van der Waals surface area contributed by atoms with Crippen molar-refractivity contribution in [3.8, 4) is 0 Å². The van der Waals surface area contributed by atoms with Gasteiger partial charge >= 0.3 is 0 Å². The van der Waals surface area contributed by atoms with Crippen LogP contribution in [0, 0.1) is 0 Å². The van der Waals surface area contributed by atoms with Gasteiger partial charge in [0.15, 0.2) is 16.0 Å². The fraction of sp³-hybridized carbons (Fsp3) is 0.0833. The van der Waals surface area contributed by atoms with Crippen molar-refractivity contribution >= 4 is 38.5 Å². The molecule has 7 nitrogen and oxygen atoms in total. The number of aromatic nitrogens is 4. The standard InChI is InChI=1S/C12H10ClN5O2S/c1-18(21(19,20)10-6-14-7-15-10)12-11(13)16-8-4-2-3-5-9(8)17-12/h2-7H,1H3,(H,14,15). The monoisotopic (exact) mass is 323 g/mol. The molecular formula is C12H10ClN5O2S. The van der Waals surface area contributed by atoms with Crippen LogP contribution in [-0.2, 0) is 10.0 Å². The lowest BCUT2D eigenvalue weighted by Crippen LogP contribution is -2.28. The predicted molar refractivity (Wildman–Crippen MR) is 78.7 cm³/mol. The summed E-state index contributed by atoms with van der Waals surface area (Å²) < 4.78 is 25.8. The molecule has 0 saturated carbocycles. The van der Waals surface area contributed by atoms with Gasteiger partial charge in [0.1, 0.15) is 0 Å². The van der Waals surface area contributed by atoms with E-state index in [1.54, 1.807) is 24.3 Å². The molecule has 108 valence electrons. The first kappa shape index (κ1) is 13.8. The Morgan fingerprint density at radius 1 is 1.19 bits per heavy atom. The molecule has 0 spiro atoms. The van der Waals surface area contributed by atoms with E-state index in [4.69, 9.17) is 11.6 Å². The van der Waals surface area contributed by atoms with Gasteiger partial charge in [-0.15, -0.1) is 0 Å². The minimum atomic E-state index is -3.81. The fourth-order valence-corrected chi connectivity index (χ4v) is 3.17. The summed E-state index contributed by atoms with van der Waals surface area (Å²) in [6.45, 7) is 0. The average molecular weight is 324 g/mol. The Morgan fingerprint density at radius 3 is 2.48 bits per heavy atom. The molecule has 0 aliphatic heterocycles. The van der Waals surface area contributed by atoms with E-state index in [9.17, 15) is 8.42 Å². The summed E-state index contributed by atoms with van der Waals surface area (Å²) in [5.74, 6) is 0.0602. The highest BCUT2D eigenvalue weighted by molar-refractivity contribution is 7.92. The van der Waals surface area contributed by atoms with Gasteiger partial charge in [-0.2, -0.15) is 8.42 Å². The maximum atomic E-state index is 12.4. The summed E-state index contributed by atoms with van der Waals surface area (Å²) in [5, 5.41) is -0.0321. The molecule has 21 heavy (non-hydrogen) atoms. The third kappa shape index (κ3) is 2.32. The number of sulfonamides is 1. The van der Waals surface area contributed by atoms with E-state index in [0.29, 0.717) is 11.0 Å². The first-order valence-electron chi connectivity index (χ1n) is 5.90. The lowest BCUT2D eigenvalue weighted by atomic mass is 10.3. The van der Waals surface area contributed by atoms with E-state index in [-0.39, 0.29) is 16.0 Å². The maximum absolute atomic E-state index is 12.4. The fourth-order valence-electron chi connectivity index (χ4n) is 1.82. The Balaban J connectivity index is 2.14. The lowest BCUT2D eigenvalue weighted by molar-refractivity contribution is 0.591. The smallest absolute Gasteiger partial charge is 0.282 e. The van der Waals surface area contributed by atoms with Crippen LogP contribution in [0.25, 0.3) is 11.0 Å². The molecule has 9 heteroatoms. The molecule has 3 aromatic rings. The Hall–Kier alpha value is -2.19. The largest absolute Gasteiger partial charge is 0.334 e. The average Bonchev–Trinajstić information content (AvgIpc) is 3.00. The van der Waals surface area contributed by atoms with Crippen LogP contribution < -0.4 is 4.31 Å². The van der Waals surface area contributed by atoms with Gasteiger partial charge in [0.25, 0.3) is 10.0 Å². The van der Waals surface area contributed by atoms with Gasteiger partial charge in [0, 0.05) is 7.05 Å². The van der Waals surface area contributed by atoms with Crippen molar-refractivity contribution in [3.63, 3.8) is 0 Å². The van der Waals surface area contributed by atoms with Gasteiger partial charge in [-0.3, -0.25) is 0 Å². The molecular weight excluding hydrogens is 314 g/mol. The van der Waals surface area contributed by atoms with Crippen LogP contribution in [0.5, 0.6) is 0 Å². The van der Waals surface area contributed by atoms with Crippen LogP contribution in [0.1, 0.15) is 0 Å². The SMILES string of the molecule is CN(c1nc2ccccc2nc1Cl)S(=O)(=O)c1cnc[nH]1. The number of halogens is 1. The van der Waals surface area contributed by atoms with Gasteiger partial charge in [0.05, 0.1) is 23.6 Å². The highest BCUT2D eigenvalue weighted by Crippen LogP contribution is 2.27. The summed E-state index contributed by atoms with van der Waals surface area (Å²) >= 11 is 6.06. The van der Waals surface area contributed by atoms with Crippen LogP contribution >= 0.6 is 11.6 Å². The van der Waals surface area contributed by atoms with Gasteiger partial charge in [0.2, 0.25) is 0 Å². The summed E-state index contributed by atoms with van der Waals surface area (Å²) in [4.78, 5) is 14.7. The van der Waals surface area contributed by atoms with Crippen molar-refractivity contribution in [2.45, 2.75) is 5.03 Å².